The van der Waals surface area contributed by atoms with Crippen molar-refractivity contribution >= 4 is 0 Å². The summed E-state index contributed by atoms with van der Waals surface area (Å²) >= 11 is 0. The highest BCUT2D eigenvalue weighted by Crippen LogP contribution is 2.21. The van der Waals surface area contributed by atoms with Crippen LogP contribution in [-0.4, -0.2) is 24.1 Å². The van der Waals surface area contributed by atoms with Crippen LogP contribution < -0.4 is 11.1 Å². The zero-order valence-electron chi connectivity index (χ0n) is 7.61. The van der Waals surface area contributed by atoms with Gasteiger partial charge < -0.3 is 11.1 Å². The summed E-state index contributed by atoms with van der Waals surface area (Å²) in [6.07, 6.45) is 2.93. The fourth-order valence-electron chi connectivity index (χ4n) is 1.85. The van der Waals surface area contributed by atoms with Crippen molar-refractivity contribution in [3.63, 3.8) is 0 Å². The molecule has 0 spiro atoms. The predicted octanol–water partition coefficient (Wildman–Crippen LogP) is 0.486. The highest BCUT2D eigenvalue weighted by molar-refractivity contribution is 5.13. The Morgan fingerprint density at radius 3 is 3.08 bits per heavy atom. The second kappa shape index (κ2) is 3.85. The van der Waals surface area contributed by atoms with Crippen molar-refractivity contribution in [2.45, 2.75) is 18.4 Å². The summed E-state index contributed by atoms with van der Waals surface area (Å²) in [6, 6.07) is 6.24. The molecular formula is C10H15N3. The first kappa shape index (κ1) is 8.66. The lowest BCUT2D eigenvalue weighted by atomic mass is 9.90. The van der Waals surface area contributed by atoms with Crippen molar-refractivity contribution in [3.8, 4) is 0 Å². The van der Waals surface area contributed by atoms with Crippen molar-refractivity contribution in [3.05, 3.63) is 30.1 Å². The molecule has 1 aliphatic heterocycles. The molecule has 0 saturated carbocycles. The lowest BCUT2D eigenvalue weighted by Crippen LogP contribution is -2.44. The van der Waals surface area contributed by atoms with Crippen LogP contribution in [0.4, 0.5) is 0 Å². The Labute approximate surface area is 78.4 Å². The van der Waals surface area contributed by atoms with Crippen LogP contribution >= 0.6 is 0 Å². The first-order valence-corrected chi connectivity index (χ1v) is 4.75. The van der Waals surface area contributed by atoms with Gasteiger partial charge in [-0.05, 0) is 25.1 Å². The summed E-state index contributed by atoms with van der Waals surface area (Å²) in [4.78, 5) is 4.35. The first-order chi connectivity index (χ1) is 6.38. The Morgan fingerprint density at radius 1 is 1.46 bits per heavy atom. The van der Waals surface area contributed by atoms with E-state index in [2.05, 4.69) is 16.4 Å². The number of hydrogen-bond donors (Lipinski definition) is 2. The minimum atomic E-state index is 0.212. The quantitative estimate of drug-likeness (QED) is 0.656. The van der Waals surface area contributed by atoms with Gasteiger partial charge in [-0.1, -0.05) is 6.07 Å². The second-order valence-corrected chi connectivity index (χ2v) is 3.52. The molecule has 0 aliphatic carbocycles. The second-order valence-electron chi connectivity index (χ2n) is 3.52. The predicted molar refractivity (Wildman–Crippen MR) is 52.4 cm³/mol. The average Bonchev–Trinajstić information content (AvgIpc) is 2.20. The van der Waals surface area contributed by atoms with Crippen molar-refractivity contribution < 1.29 is 0 Å². The van der Waals surface area contributed by atoms with Crippen molar-refractivity contribution in [1.29, 1.82) is 0 Å². The number of nitrogens with two attached hydrogens (primary N) is 1. The largest absolute Gasteiger partial charge is 0.326 e. The summed E-state index contributed by atoms with van der Waals surface area (Å²) < 4.78 is 0. The van der Waals surface area contributed by atoms with Crippen LogP contribution in [0.15, 0.2) is 24.4 Å². The molecule has 1 aromatic rings. The highest BCUT2D eigenvalue weighted by Gasteiger charge is 2.23. The van der Waals surface area contributed by atoms with E-state index in [-0.39, 0.29) is 6.04 Å². The Balaban J connectivity index is 2.15. The SMILES string of the molecule is NC1CNCCC1c1ccccn1. The molecule has 0 bridgehead atoms. The van der Waals surface area contributed by atoms with Gasteiger partial charge in [0.1, 0.15) is 0 Å². The molecule has 70 valence electrons. The van der Waals surface area contributed by atoms with Crippen molar-refractivity contribution in [2.75, 3.05) is 13.1 Å². The van der Waals surface area contributed by atoms with Gasteiger partial charge in [-0.15, -0.1) is 0 Å². The third-order valence-electron chi connectivity index (χ3n) is 2.60. The van der Waals surface area contributed by atoms with E-state index in [0.29, 0.717) is 5.92 Å². The molecule has 3 N–H and O–H groups in total. The minimum Gasteiger partial charge on any atom is -0.326 e. The number of aromatic nitrogens is 1. The zero-order valence-corrected chi connectivity index (χ0v) is 7.61. The summed E-state index contributed by atoms with van der Waals surface area (Å²) in [6.45, 7) is 1.95. The maximum atomic E-state index is 6.01. The molecule has 0 radical (unpaired) electrons. The van der Waals surface area contributed by atoms with Crippen LogP contribution in [0.3, 0.4) is 0 Å². The van der Waals surface area contributed by atoms with Gasteiger partial charge in [0.25, 0.3) is 0 Å². The standard InChI is InChI=1S/C10H15N3/c11-9-7-12-6-4-8(9)10-3-1-2-5-13-10/h1-3,5,8-9,12H,4,6-7,11H2. The van der Waals surface area contributed by atoms with Gasteiger partial charge in [-0.25, -0.2) is 0 Å². The zero-order chi connectivity index (χ0) is 9.10. The average molecular weight is 177 g/mol. The monoisotopic (exact) mass is 177 g/mol. The van der Waals surface area contributed by atoms with Crippen LogP contribution in [-0.2, 0) is 0 Å². The number of nitrogens with zero attached hydrogens (tertiary/aromatic N) is 1. The van der Waals surface area contributed by atoms with Crippen LogP contribution in [0.1, 0.15) is 18.0 Å². The number of piperidine rings is 1. The molecule has 2 unspecified atom stereocenters. The van der Waals surface area contributed by atoms with E-state index < -0.39 is 0 Å². The highest BCUT2D eigenvalue weighted by atomic mass is 14.9. The molecule has 0 amide bonds. The molecule has 1 saturated heterocycles. The summed E-state index contributed by atoms with van der Waals surface area (Å²) in [5, 5.41) is 3.28. The summed E-state index contributed by atoms with van der Waals surface area (Å²) in [7, 11) is 0. The van der Waals surface area contributed by atoms with Gasteiger partial charge in [0.05, 0.1) is 0 Å². The lowest BCUT2D eigenvalue weighted by molar-refractivity contribution is 0.397. The molecule has 1 fully saturated rings. The molecule has 2 heterocycles. The van der Waals surface area contributed by atoms with E-state index in [9.17, 15) is 0 Å². The fraction of sp³-hybridized carbons (Fsp3) is 0.500. The maximum absolute atomic E-state index is 6.01. The Morgan fingerprint density at radius 2 is 2.38 bits per heavy atom. The van der Waals surface area contributed by atoms with Gasteiger partial charge in [0.2, 0.25) is 0 Å². The normalized spacial score (nSPS) is 28.7. The van der Waals surface area contributed by atoms with Gasteiger partial charge in [0.15, 0.2) is 0 Å². The van der Waals surface area contributed by atoms with Crippen LogP contribution in [0.5, 0.6) is 0 Å². The van der Waals surface area contributed by atoms with E-state index in [1.165, 1.54) is 0 Å². The fourth-order valence-corrected chi connectivity index (χ4v) is 1.85. The third-order valence-corrected chi connectivity index (χ3v) is 2.60. The van der Waals surface area contributed by atoms with E-state index in [1.807, 2.05) is 18.3 Å². The van der Waals surface area contributed by atoms with Crippen molar-refractivity contribution in [2.24, 2.45) is 5.73 Å². The summed E-state index contributed by atoms with van der Waals surface area (Å²) in [5.74, 6) is 0.433. The molecule has 13 heavy (non-hydrogen) atoms. The van der Waals surface area contributed by atoms with Crippen LogP contribution in [0.25, 0.3) is 0 Å². The lowest BCUT2D eigenvalue weighted by Gasteiger charge is -2.28. The molecule has 2 atom stereocenters. The molecular weight excluding hydrogens is 162 g/mol. The number of rotatable bonds is 1. The van der Waals surface area contributed by atoms with Gasteiger partial charge in [0, 0.05) is 30.4 Å². The van der Waals surface area contributed by atoms with Gasteiger partial charge in [-0.2, -0.15) is 0 Å². The van der Waals surface area contributed by atoms with Gasteiger partial charge in [-0.3, -0.25) is 4.98 Å². The molecule has 2 rings (SSSR count). The van der Waals surface area contributed by atoms with E-state index in [0.717, 1.165) is 25.2 Å². The van der Waals surface area contributed by atoms with E-state index >= 15 is 0 Å². The molecule has 1 aromatic heterocycles. The molecule has 3 nitrogen and oxygen atoms in total. The van der Waals surface area contributed by atoms with E-state index in [4.69, 9.17) is 5.73 Å². The molecule has 0 aromatic carbocycles. The van der Waals surface area contributed by atoms with Crippen LogP contribution in [0.2, 0.25) is 0 Å². The first-order valence-electron chi connectivity index (χ1n) is 4.75. The summed E-state index contributed by atoms with van der Waals surface area (Å²) in [5.41, 5.74) is 7.14. The number of hydrogen-bond acceptors (Lipinski definition) is 3. The number of pyridine rings is 1. The minimum absolute atomic E-state index is 0.212. The van der Waals surface area contributed by atoms with Crippen molar-refractivity contribution in [1.82, 2.24) is 10.3 Å². The third kappa shape index (κ3) is 1.87. The maximum Gasteiger partial charge on any atom is 0.0450 e. The van der Waals surface area contributed by atoms with Crippen LogP contribution in [0, 0.1) is 0 Å². The molecule has 1 aliphatic rings. The Hall–Kier alpha value is -0.930. The Kier molecular flexibility index (Phi) is 2.57. The number of nitrogens with one attached hydrogen (secondary N) is 1. The van der Waals surface area contributed by atoms with E-state index in [1.54, 1.807) is 0 Å². The smallest absolute Gasteiger partial charge is 0.0450 e. The Bertz CT molecular complexity index is 260. The topological polar surface area (TPSA) is 50.9 Å². The van der Waals surface area contributed by atoms with Gasteiger partial charge >= 0.3 is 0 Å². The molecule has 3 heteroatoms.